The molecule has 0 saturated carbocycles. The number of carbonyl (C=O) groups excluding carboxylic acids is 1. The molecule has 0 atom stereocenters. The molecule has 0 unspecified atom stereocenters. The number of nitrogens with zero attached hydrogens (tertiary/aromatic N) is 2. The number of carbonyl (C=O) groups is 1. The minimum atomic E-state index is -0.490. The van der Waals surface area contributed by atoms with Crippen LogP contribution in [0.2, 0.25) is 0 Å². The second-order valence-electron chi connectivity index (χ2n) is 7.41. The van der Waals surface area contributed by atoms with Crippen LogP contribution in [0.5, 0.6) is 0 Å². The standard InChI is InChI=1S/C17H25BN2O4/c1-16(2)17(3,4)24-18(23-16)12-10-13(20-8-6-7-9-20)14(19-11-12)15(21)22-5/h10-11H,6-9H2,1-5H3. The van der Waals surface area contributed by atoms with Gasteiger partial charge in [-0.15, -0.1) is 0 Å². The number of hydrogen-bond donors (Lipinski definition) is 0. The first-order valence-corrected chi connectivity index (χ1v) is 8.44. The maximum atomic E-state index is 12.1. The second kappa shape index (κ2) is 6.04. The molecule has 0 aliphatic carbocycles. The highest BCUT2D eigenvalue weighted by atomic mass is 16.7. The number of aromatic nitrogens is 1. The molecular formula is C17H25BN2O4. The van der Waals surface area contributed by atoms with E-state index in [4.69, 9.17) is 14.0 Å². The third-order valence-electron chi connectivity index (χ3n) is 5.24. The van der Waals surface area contributed by atoms with Gasteiger partial charge in [-0.1, -0.05) is 0 Å². The molecule has 2 aliphatic rings. The van der Waals surface area contributed by atoms with Gasteiger partial charge in [-0.25, -0.2) is 9.78 Å². The van der Waals surface area contributed by atoms with Crippen molar-refractivity contribution in [1.29, 1.82) is 0 Å². The van der Waals surface area contributed by atoms with Crippen molar-refractivity contribution < 1.29 is 18.8 Å². The first-order valence-electron chi connectivity index (χ1n) is 8.44. The third kappa shape index (κ3) is 2.91. The fraction of sp³-hybridized carbons (Fsp3) is 0.647. The summed E-state index contributed by atoms with van der Waals surface area (Å²) in [5, 5.41) is 0. The number of methoxy groups -OCH3 is 1. The van der Waals surface area contributed by atoms with Gasteiger partial charge in [-0.2, -0.15) is 0 Å². The fourth-order valence-electron chi connectivity index (χ4n) is 3.03. The normalized spacial score (nSPS) is 22.0. The van der Waals surface area contributed by atoms with Crippen LogP contribution in [0.1, 0.15) is 51.0 Å². The maximum Gasteiger partial charge on any atom is 0.496 e. The van der Waals surface area contributed by atoms with Gasteiger partial charge in [-0.05, 0) is 46.6 Å². The molecule has 0 N–H and O–H groups in total. The lowest BCUT2D eigenvalue weighted by atomic mass is 9.80. The average molecular weight is 332 g/mol. The van der Waals surface area contributed by atoms with Crippen molar-refractivity contribution in [3.05, 3.63) is 18.0 Å². The van der Waals surface area contributed by atoms with Crippen molar-refractivity contribution >= 4 is 24.2 Å². The minimum absolute atomic E-state index is 0.347. The third-order valence-corrected chi connectivity index (χ3v) is 5.24. The van der Waals surface area contributed by atoms with Crippen LogP contribution in [-0.2, 0) is 14.0 Å². The number of anilines is 1. The van der Waals surface area contributed by atoms with Gasteiger partial charge < -0.3 is 18.9 Å². The Morgan fingerprint density at radius 1 is 1.21 bits per heavy atom. The summed E-state index contributed by atoms with van der Waals surface area (Å²) in [5.74, 6) is -0.419. The molecule has 3 heterocycles. The van der Waals surface area contributed by atoms with E-state index in [0.717, 1.165) is 37.1 Å². The lowest BCUT2D eigenvalue weighted by Gasteiger charge is -2.32. The van der Waals surface area contributed by atoms with E-state index in [1.165, 1.54) is 7.11 Å². The fourth-order valence-corrected chi connectivity index (χ4v) is 3.03. The zero-order chi connectivity index (χ0) is 17.5. The smallest absolute Gasteiger partial charge is 0.464 e. The Hall–Kier alpha value is -1.60. The van der Waals surface area contributed by atoms with Crippen LogP contribution < -0.4 is 10.4 Å². The Kier molecular flexibility index (Phi) is 4.34. The van der Waals surface area contributed by atoms with Gasteiger partial charge in [0.25, 0.3) is 0 Å². The van der Waals surface area contributed by atoms with E-state index < -0.39 is 24.3 Å². The van der Waals surface area contributed by atoms with Gasteiger partial charge in [0.2, 0.25) is 0 Å². The van der Waals surface area contributed by atoms with Crippen LogP contribution in [0.4, 0.5) is 5.69 Å². The summed E-state index contributed by atoms with van der Waals surface area (Å²) in [6.07, 6.45) is 3.87. The van der Waals surface area contributed by atoms with Gasteiger partial charge in [0, 0.05) is 24.7 Å². The van der Waals surface area contributed by atoms with Crippen molar-refractivity contribution in [1.82, 2.24) is 4.98 Å². The lowest BCUT2D eigenvalue weighted by Crippen LogP contribution is -2.41. The minimum Gasteiger partial charge on any atom is -0.464 e. The Balaban J connectivity index is 1.96. The molecule has 2 saturated heterocycles. The highest BCUT2D eigenvalue weighted by Gasteiger charge is 2.52. The molecule has 7 heteroatoms. The Morgan fingerprint density at radius 2 is 1.79 bits per heavy atom. The molecule has 0 bridgehead atoms. The van der Waals surface area contributed by atoms with Crippen LogP contribution in [-0.4, -0.2) is 49.5 Å². The van der Waals surface area contributed by atoms with E-state index in [1.54, 1.807) is 6.20 Å². The largest absolute Gasteiger partial charge is 0.496 e. The second-order valence-corrected chi connectivity index (χ2v) is 7.41. The summed E-state index contributed by atoms with van der Waals surface area (Å²) in [4.78, 5) is 18.6. The Bertz CT molecular complexity index is 625. The summed E-state index contributed by atoms with van der Waals surface area (Å²) in [6, 6.07) is 1.95. The van der Waals surface area contributed by atoms with E-state index in [9.17, 15) is 4.79 Å². The molecular weight excluding hydrogens is 307 g/mol. The molecule has 1 aromatic rings. The monoisotopic (exact) mass is 332 g/mol. The molecule has 2 aliphatic heterocycles. The average Bonchev–Trinajstić information content (AvgIpc) is 3.13. The van der Waals surface area contributed by atoms with Crippen molar-refractivity contribution in [2.75, 3.05) is 25.1 Å². The van der Waals surface area contributed by atoms with Gasteiger partial charge in [0.15, 0.2) is 5.69 Å². The number of esters is 1. The zero-order valence-corrected chi connectivity index (χ0v) is 15.1. The molecule has 0 spiro atoms. The zero-order valence-electron chi connectivity index (χ0n) is 15.1. The van der Waals surface area contributed by atoms with Crippen molar-refractivity contribution in [3.63, 3.8) is 0 Å². The summed E-state index contributed by atoms with van der Waals surface area (Å²) in [5.41, 5.74) is 1.15. The Labute approximate surface area is 143 Å². The molecule has 2 fully saturated rings. The SMILES string of the molecule is COC(=O)c1ncc(B2OC(C)(C)C(C)(C)O2)cc1N1CCCC1. The van der Waals surface area contributed by atoms with E-state index in [0.29, 0.717) is 5.69 Å². The summed E-state index contributed by atoms with van der Waals surface area (Å²) in [6.45, 7) is 9.90. The van der Waals surface area contributed by atoms with Gasteiger partial charge in [0.1, 0.15) is 0 Å². The van der Waals surface area contributed by atoms with Crippen LogP contribution in [0.25, 0.3) is 0 Å². The van der Waals surface area contributed by atoms with Crippen LogP contribution >= 0.6 is 0 Å². The first kappa shape index (κ1) is 17.2. The number of hydrogen-bond acceptors (Lipinski definition) is 6. The molecule has 6 nitrogen and oxygen atoms in total. The van der Waals surface area contributed by atoms with E-state index in [1.807, 2.05) is 33.8 Å². The molecule has 0 aromatic carbocycles. The lowest BCUT2D eigenvalue weighted by molar-refractivity contribution is 0.00578. The maximum absolute atomic E-state index is 12.1. The van der Waals surface area contributed by atoms with E-state index in [2.05, 4.69) is 9.88 Å². The number of rotatable bonds is 3. The van der Waals surface area contributed by atoms with Crippen molar-refractivity contribution in [3.8, 4) is 0 Å². The molecule has 3 rings (SSSR count). The topological polar surface area (TPSA) is 60.9 Å². The number of pyridine rings is 1. The van der Waals surface area contributed by atoms with Gasteiger partial charge in [-0.3, -0.25) is 0 Å². The molecule has 130 valence electrons. The van der Waals surface area contributed by atoms with Crippen molar-refractivity contribution in [2.45, 2.75) is 51.7 Å². The predicted molar refractivity (Wildman–Crippen MR) is 92.7 cm³/mol. The quantitative estimate of drug-likeness (QED) is 0.621. The van der Waals surface area contributed by atoms with E-state index in [-0.39, 0.29) is 0 Å². The summed E-state index contributed by atoms with van der Waals surface area (Å²) < 4.78 is 17.1. The van der Waals surface area contributed by atoms with E-state index >= 15 is 0 Å². The molecule has 1 aromatic heterocycles. The predicted octanol–water partition coefficient (Wildman–Crippen LogP) is 1.77. The number of ether oxygens (including phenoxy) is 1. The highest BCUT2D eigenvalue weighted by molar-refractivity contribution is 6.62. The van der Waals surface area contributed by atoms with Crippen LogP contribution in [0.15, 0.2) is 12.3 Å². The summed E-state index contributed by atoms with van der Waals surface area (Å²) in [7, 11) is 0.885. The Morgan fingerprint density at radius 3 is 2.33 bits per heavy atom. The van der Waals surface area contributed by atoms with Crippen molar-refractivity contribution in [2.24, 2.45) is 0 Å². The van der Waals surface area contributed by atoms with Gasteiger partial charge >= 0.3 is 13.1 Å². The van der Waals surface area contributed by atoms with Crippen LogP contribution in [0, 0.1) is 0 Å². The molecule has 24 heavy (non-hydrogen) atoms. The molecule has 0 amide bonds. The molecule has 0 radical (unpaired) electrons. The van der Waals surface area contributed by atoms with Gasteiger partial charge in [0.05, 0.1) is 24.0 Å². The highest BCUT2D eigenvalue weighted by Crippen LogP contribution is 2.36. The summed E-state index contributed by atoms with van der Waals surface area (Å²) >= 11 is 0. The first-order chi connectivity index (χ1) is 11.2. The van der Waals surface area contributed by atoms with Crippen LogP contribution in [0.3, 0.4) is 0 Å².